The summed E-state index contributed by atoms with van der Waals surface area (Å²) in [6, 6.07) is 6.45. The smallest absolute Gasteiger partial charge is 0.319 e. The summed E-state index contributed by atoms with van der Waals surface area (Å²) in [5, 5.41) is 3.01. The molecule has 5 heteroatoms. The second-order valence-electron chi connectivity index (χ2n) is 7.37. The fourth-order valence-corrected chi connectivity index (χ4v) is 4.37. The molecule has 0 radical (unpaired) electrons. The first-order valence-corrected chi connectivity index (χ1v) is 9.09. The van der Waals surface area contributed by atoms with Crippen LogP contribution in [0.2, 0.25) is 0 Å². The predicted octanol–water partition coefficient (Wildman–Crippen LogP) is 2.91. The van der Waals surface area contributed by atoms with Crippen LogP contribution in [-0.4, -0.2) is 53.3 Å². The van der Waals surface area contributed by atoms with Crippen LogP contribution in [-0.2, 0) is 6.42 Å². The van der Waals surface area contributed by atoms with E-state index >= 15 is 0 Å². The molecule has 2 saturated heterocycles. The van der Waals surface area contributed by atoms with Gasteiger partial charge in [0, 0.05) is 42.8 Å². The lowest BCUT2D eigenvalue weighted by molar-refractivity contribution is 0.0861. The summed E-state index contributed by atoms with van der Waals surface area (Å²) in [6.07, 6.45) is 4.92. The number of carbonyl (C=O) groups excluding carboxylic acids is 2. The number of piperazine rings is 1. The molecule has 5 nitrogen and oxygen atoms in total. The van der Waals surface area contributed by atoms with Crippen molar-refractivity contribution < 1.29 is 9.59 Å². The summed E-state index contributed by atoms with van der Waals surface area (Å²) >= 11 is 0. The molecule has 2 fully saturated rings. The number of Topliss-reactive ketones (excluding diaryl/α,β-unsaturated/α-hetero) is 1. The normalized spacial score (nSPS) is 26.9. The number of benzene rings is 1. The number of carbonyl (C=O) groups is 2. The van der Waals surface area contributed by atoms with E-state index in [0.717, 1.165) is 49.3 Å². The van der Waals surface area contributed by atoms with E-state index in [2.05, 4.69) is 17.1 Å². The first-order valence-electron chi connectivity index (χ1n) is 9.09. The molecule has 2 heterocycles. The van der Waals surface area contributed by atoms with Gasteiger partial charge in [0.15, 0.2) is 5.78 Å². The Bertz CT molecular complexity index is 673. The maximum atomic E-state index is 12.7. The molecule has 0 unspecified atom stereocenters. The summed E-state index contributed by atoms with van der Waals surface area (Å²) in [5.41, 5.74) is 2.62. The summed E-state index contributed by atoms with van der Waals surface area (Å²) in [7, 11) is 0. The molecule has 0 aromatic heterocycles. The Kier molecular flexibility index (Phi) is 4.04. The molecule has 0 bridgehead atoms. The zero-order valence-electron chi connectivity index (χ0n) is 14.3. The van der Waals surface area contributed by atoms with Crippen LogP contribution in [0.15, 0.2) is 18.2 Å². The Morgan fingerprint density at radius 2 is 2.08 bits per heavy atom. The molecule has 3 aliphatic rings. The Hall–Kier alpha value is -1.88. The number of nitrogens with zero attached hydrogens (tertiary/aromatic N) is 2. The molecule has 24 heavy (non-hydrogen) atoms. The summed E-state index contributed by atoms with van der Waals surface area (Å²) in [6.45, 7) is 5.04. The molecule has 4 rings (SSSR count). The largest absolute Gasteiger partial charge is 0.322 e. The van der Waals surface area contributed by atoms with Crippen molar-refractivity contribution >= 4 is 17.5 Å². The summed E-state index contributed by atoms with van der Waals surface area (Å²) in [4.78, 5) is 29.3. The number of aryl methyl sites for hydroxylation is 1. The van der Waals surface area contributed by atoms with Gasteiger partial charge in [-0.15, -0.1) is 0 Å². The van der Waals surface area contributed by atoms with Gasteiger partial charge in [0.05, 0.1) is 0 Å². The van der Waals surface area contributed by atoms with Crippen LogP contribution in [0.5, 0.6) is 0 Å². The van der Waals surface area contributed by atoms with E-state index in [0.29, 0.717) is 12.5 Å². The third-order valence-electron chi connectivity index (χ3n) is 5.71. The number of fused-ring (bicyclic) bond motifs is 2. The Morgan fingerprint density at radius 3 is 2.96 bits per heavy atom. The molecule has 2 amide bonds. The van der Waals surface area contributed by atoms with Crippen LogP contribution in [0.4, 0.5) is 10.5 Å². The highest BCUT2D eigenvalue weighted by Crippen LogP contribution is 2.27. The SMILES string of the molecule is C[C@H]1CN2CCC[C@@H]2CN1C(=O)Nc1ccc2c(c1)C(=O)CCC2. The van der Waals surface area contributed by atoms with Gasteiger partial charge in [0.1, 0.15) is 0 Å². The summed E-state index contributed by atoms with van der Waals surface area (Å²) in [5.74, 6) is 0.195. The van der Waals surface area contributed by atoms with E-state index in [4.69, 9.17) is 0 Å². The van der Waals surface area contributed by atoms with Crippen LogP contribution in [0.1, 0.15) is 48.5 Å². The molecule has 2 atom stereocenters. The Balaban J connectivity index is 1.48. The number of rotatable bonds is 1. The highest BCUT2D eigenvalue weighted by molar-refractivity contribution is 6.00. The van der Waals surface area contributed by atoms with Crippen LogP contribution < -0.4 is 5.32 Å². The zero-order chi connectivity index (χ0) is 16.7. The third kappa shape index (κ3) is 2.81. The first-order chi connectivity index (χ1) is 11.6. The number of urea groups is 1. The number of anilines is 1. The van der Waals surface area contributed by atoms with Gasteiger partial charge in [-0.2, -0.15) is 0 Å². The van der Waals surface area contributed by atoms with E-state index in [1.165, 1.54) is 12.8 Å². The van der Waals surface area contributed by atoms with E-state index < -0.39 is 0 Å². The van der Waals surface area contributed by atoms with Crippen molar-refractivity contribution in [2.24, 2.45) is 0 Å². The van der Waals surface area contributed by atoms with Crippen LogP contribution >= 0.6 is 0 Å². The maximum Gasteiger partial charge on any atom is 0.322 e. The molecule has 0 saturated carbocycles. The minimum Gasteiger partial charge on any atom is -0.319 e. The minimum absolute atomic E-state index is 0.0442. The van der Waals surface area contributed by atoms with Gasteiger partial charge in [-0.05, 0) is 56.8 Å². The van der Waals surface area contributed by atoms with E-state index in [1.807, 2.05) is 23.1 Å². The molecule has 1 N–H and O–H groups in total. The van der Waals surface area contributed by atoms with Gasteiger partial charge in [-0.25, -0.2) is 4.79 Å². The van der Waals surface area contributed by atoms with Crippen molar-refractivity contribution in [2.75, 3.05) is 25.0 Å². The van der Waals surface area contributed by atoms with Crippen LogP contribution in [0.3, 0.4) is 0 Å². The van der Waals surface area contributed by atoms with Gasteiger partial charge in [0.2, 0.25) is 0 Å². The molecule has 1 aromatic carbocycles. The number of ketones is 1. The minimum atomic E-state index is -0.0442. The average Bonchev–Trinajstić information content (AvgIpc) is 3.02. The van der Waals surface area contributed by atoms with Crippen molar-refractivity contribution in [3.63, 3.8) is 0 Å². The van der Waals surface area contributed by atoms with Crippen LogP contribution in [0.25, 0.3) is 0 Å². The Morgan fingerprint density at radius 1 is 1.21 bits per heavy atom. The lowest BCUT2D eigenvalue weighted by Crippen LogP contribution is -2.57. The fourth-order valence-electron chi connectivity index (χ4n) is 4.37. The highest BCUT2D eigenvalue weighted by Gasteiger charge is 2.36. The Labute approximate surface area is 143 Å². The third-order valence-corrected chi connectivity index (χ3v) is 5.71. The van der Waals surface area contributed by atoms with Crippen molar-refractivity contribution in [1.29, 1.82) is 0 Å². The predicted molar refractivity (Wildman–Crippen MR) is 93.5 cm³/mol. The monoisotopic (exact) mass is 327 g/mol. The summed E-state index contributed by atoms with van der Waals surface area (Å²) < 4.78 is 0. The molecule has 128 valence electrons. The molecule has 0 spiro atoms. The molecule has 2 aliphatic heterocycles. The van der Waals surface area contributed by atoms with E-state index in [1.54, 1.807) is 0 Å². The molecular weight excluding hydrogens is 302 g/mol. The number of amides is 2. The fraction of sp³-hybridized carbons (Fsp3) is 0.579. The number of hydrogen-bond acceptors (Lipinski definition) is 3. The lowest BCUT2D eigenvalue weighted by atomic mass is 9.90. The van der Waals surface area contributed by atoms with Crippen molar-refractivity contribution in [3.8, 4) is 0 Å². The van der Waals surface area contributed by atoms with Crippen molar-refractivity contribution in [1.82, 2.24) is 9.80 Å². The molecule has 1 aliphatic carbocycles. The number of nitrogens with one attached hydrogen (secondary N) is 1. The molecule has 1 aromatic rings. The topological polar surface area (TPSA) is 52.6 Å². The first kappa shape index (κ1) is 15.6. The van der Waals surface area contributed by atoms with Gasteiger partial charge >= 0.3 is 6.03 Å². The van der Waals surface area contributed by atoms with E-state index in [-0.39, 0.29) is 17.9 Å². The standard InChI is InChI=1S/C19H25N3O2/c1-13-11-21-9-3-5-16(21)12-22(13)19(24)20-15-8-7-14-4-2-6-18(23)17(14)10-15/h7-8,10,13,16H,2-6,9,11-12H2,1H3,(H,20,24)/t13-,16+/m0/s1. The van der Waals surface area contributed by atoms with Gasteiger partial charge in [-0.1, -0.05) is 6.07 Å². The quantitative estimate of drug-likeness (QED) is 0.863. The van der Waals surface area contributed by atoms with Gasteiger partial charge in [0.25, 0.3) is 0 Å². The van der Waals surface area contributed by atoms with Gasteiger partial charge in [-0.3, -0.25) is 9.69 Å². The van der Waals surface area contributed by atoms with Gasteiger partial charge < -0.3 is 10.2 Å². The molecular formula is C19H25N3O2. The highest BCUT2D eigenvalue weighted by atomic mass is 16.2. The van der Waals surface area contributed by atoms with Crippen molar-refractivity contribution in [3.05, 3.63) is 29.3 Å². The second kappa shape index (κ2) is 6.20. The lowest BCUT2D eigenvalue weighted by Gasteiger charge is -2.42. The average molecular weight is 327 g/mol. The van der Waals surface area contributed by atoms with Crippen LogP contribution in [0, 0.1) is 0 Å². The number of hydrogen-bond donors (Lipinski definition) is 1. The zero-order valence-corrected chi connectivity index (χ0v) is 14.3. The van der Waals surface area contributed by atoms with Crippen molar-refractivity contribution in [2.45, 2.75) is 51.1 Å². The second-order valence-corrected chi connectivity index (χ2v) is 7.37. The van der Waals surface area contributed by atoms with E-state index in [9.17, 15) is 9.59 Å². The maximum absolute atomic E-state index is 12.7.